The fourth-order valence-corrected chi connectivity index (χ4v) is 4.11. The molecule has 29 heavy (non-hydrogen) atoms. The Hall–Kier alpha value is -2.63. The number of carbonyl (C=O) groups excluding carboxylic acids is 1. The first-order chi connectivity index (χ1) is 13.9. The number of nitrogens with zero attached hydrogens (tertiary/aromatic N) is 3. The summed E-state index contributed by atoms with van der Waals surface area (Å²) in [5.41, 5.74) is 0.693. The maximum atomic E-state index is 12.7. The van der Waals surface area contributed by atoms with Crippen molar-refractivity contribution in [1.82, 2.24) is 14.5 Å². The van der Waals surface area contributed by atoms with Gasteiger partial charge in [0.05, 0.1) is 18.9 Å². The number of allylic oxidation sites excluding steroid dienone is 1. The average Bonchev–Trinajstić information content (AvgIpc) is 3.18. The molecule has 0 bridgehead atoms. The molecule has 1 amide bonds. The zero-order chi connectivity index (χ0) is 20.4. The zero-order valence-corrected chi connectivity index (χ0v) is 16.8. The van der Waals surface area contributed by atoms with Gasteiger partial charge >= 0.3 is 10.2 Å². The molecule has 1 N–H and O–H groups in total. The maximum Gasteiger partial charge on any atom is 0.345 e. The van der Waals surface area contributed by atoms with Crippen molar-refractivity contribution in [2.45, 2.75) is 0 Å². The summed E-state index contributed by atoms with van der Waals surface area (Å²) in [5, 5.41) is 2.79. The third kappa shape index (κ3) is 4.21. The van der Waals surface area contributed by atoms with E-state index in [-0.39, 0.29) is 18.2 Å². The number of hydrogen-bond acceptors (Lipinski definition) is 7. The zero-order valence-electron chi connectivity index (χ0n) is 16.0. The minimum atomic E-state index is -4.02. The first kappa shape index (κ1) is 19.7. The van der Waals surface area contributed by atoms with E-state index < -0.39 is 16.1 Å². The van der Waals surface area contributed by atoms with E-state index in [0.29, 0.717) is 43.4 Å². The smallest absolute Gasteiger partial charge is 0.345 e. The number of fused-ring (bicyclic) bond motifs is 1. The summed E-state index contributed by atoms with van der Waals surface area (Å²) in [5.74, 6) is 0.610. The average molecular weight is 422 g/mol. The number of nitrogens with one attached hydrogen (secondary N) is 1. The number of ether oxygens (including phenoxy) is 3. The quantitative estimate of drug-likeness (QED) is 0.695. The fraction of sp³-hybridized carbons (Fsp3) is 0.444. The molecule has 0 radical (unpaired) electrons. The van der Waals surface area contributed by atoms with E-state index in [4.69, 9.17) is 14.2 Å². The summed E-state index contributed by atoms with van der Waals surface area (Å²) in [6.45, 7) is 4.16. The van der Waals surface area contributed by atoms with E-state index in [1.54, 1.807) is 18.2 Å². The van der Waals surface area contributed by atoms with Crippen LogP contribution >= 0.6 is 0 Å². The molecule has 3 aliphatic heterocycles. The maximum absolute atomic E-state index is 12.7. The molecular formula is C18H22N4O6S. The van der Waals surface area contributed by atoms with Gasteiger partial charge in [-0.3, -0.25) is 9.69 Å². The molecule has 1 aromatic carbocycles. The van der Waals surface area contributed by atoms with Crippen LogP contribution < -0.4 is 14.8 Å². The minimum Gasteiger partial charge on any atom is -0.454 e. The lowest BCUT2D eigenvalue weighted by Gasteiger charge is -2.27. The SMILES string of the molecule is CN1C(C(=O)NCCN2CCOCC2)=CC(c2ccc3c(c2)OCO3)=NS1(=O)=O. The number of benzene rings is 1. The molecule has 0 aromatic heterocycles. The van der Waals surface area contributed by atoms with Gasteiger partial charge in [-0.2, -0.15) is 8.42 Å². The molecule has 3 aliphatic rings. The second kappa shape index (κ2) is 8.01. The number of hydrogen-bond donors (Lipinski definition) is 1. The molecule has 0 unspecified atom stereocenters. The van der Waals surface area contributed by atoms with Crippen molar-refractivity contribution in [1.29, 1.82) is 0 Å². The first-order valence-electron chi connectivity index (χ1n) is 9.23. The highest BCUT2D eigenvalue weighted by molar-refractivity contribution is 7.88. The summed E-state index contributed by atoms with van der Waals surface area (Å²) in [4.78, 5) is 14.9. The number of likely N-dealkylation sites (N-methyl/N-ethyl adjacent to an activating group) is 1. The van der Waals surface area contributed by atoms with Crippen LogP contribution in [0.1, 0.15) is 5.56 Å². The number of carbonyl (C=O) groups is 1. The Kier molecular flexibility index (Phi) is 5.43. The molecule has 3 heterocycles. The first-order valence-corrected chi connectivity index (χ1v) is 10.6. The fourth-order valence-electron chi connectivity index (χ4n) is 3.20. The molecule has 0 aliphatic carbocycles. The lowest BCUT2D eigenvalue weighted by atomic mass is 10.1. The second-order valence-corrected chi connectivity index (χ2v) is 8.36. The molecule has 0 spiro atoms. The van der Waals surface area contributed by atoms with Crippen LogP contribution in [0.15, 0.2) is 34.4 Å². The predicted octanol–water partition coefficient (Wildman–Crippen LogP) is -0.273. The van der Waals surface area contributed by atoms with Crippen molar-refractivity contribution in [3.05, 3.63) is 35.5 Å². The Balaban J connectivity index is 1.50. The number of morpholine rings is 1. The molecule has 1 aromatic rings. The van der Waals surface area contributed by atoms with Crippen LogP contribution in [-0.2, 0) is 19.7 Å². The van der Waals surface area contributed by atoms with Gasteiger partial charge in [-0.05, 0) is 24.3 Å². The van der Waals surface area contributed by atoms with Gasteiger partial charge in [0.15, 0.2) is 11.5 Å². The Morgan fingerprint density at radius 3 is 2.76 bits per heavy atom. The highest BCUT2D eigenvalue weighted by Crippen LogP contribution is 2.33. The van der Waals surface area contributed by atoms with E-state index in [0.717, 1.165) is 17.4 Å². The molecule has 1 fully saturated rings. The van der Waals surface area contributed by atoms with Crippen LogP contribution in [-0.4, -0.2) is 82.5 Å². The largest absolute Gasteiger partial charge is 0.454 e. The molecular weight excluding hydrogens is 400 g/mol. The molecule has 11 heteroatoms. The highest BCUT2D eigenvalue weighted by Gasteiger charge is 2.30. The van der Waals surface area contributed by atoms with Gasteiger partial charge in [0.1, 0.15) is 5.70 Å². The number of rotatable bonds is 5. The Morgan fingerprint density at radius 2 is 1.97 bits per heavy atom. The third-order valence-electron chi connectivity index (χ3n) is 4.89. The van der Waals surface area contributed by atoms with Gasteiger partial charge in [0.25, 0.3) is 5.91 Å². The van der Waals surface area contributed by atoms with E-state index in [1.807, 2.05) is 0 Å². The molecule has 0 saturated carbocycles. The standard InChI is InChI=1S/C18H22N4O6S/c1-21-15(18(23)19-4-5-22-6-8-26-9-7-22)11-14(20-29(21,24)25)13-2-3-16-17(10-13)28-12-27-16/h2-3,10-11H,4-9,12H2,1H3,(H,19,23). The molecule has 4 rings (SSSR count). The predicted molar refractivity (Wildman–Crippen MR) is 104 cm³/mol. The van der Waals surface area contributed by atoms with Crippen LogP contribution in [0.2, 0.25) is 0 Å². The van der Waals surface area contributed by atoms with E-state index in [1.165, 1.54) is 13.1 Å². The van der Waals surface area contributed by atoms with Gasteiger partial charge in [-0.25, -0.2) is 4.31 Å². The van der Waals surface area contributed by atoms with E-state index >= 15 is 0 Å². The molecule has 1 saturated heterocycles. The normalized spacial score (nSPS) is 20.8. The van der Waals surface area contributed by atoms with Gasteiger partial charge in [-0.15, -0.1) is 4.40 Å². The van der Waals surface area contributed by atoms with Crippen LogP contribution in [0.4, 0.5) is 0 Å². The molecule has 0 atom stereocenters. The Labute approximate surface area is 168 Å². The van der Waals surface area contributed by atoms with E-state index in [2.05, 4.69) is 14.6 Å². The summed E-state index contributed by atoms with van der Waals surface area (Å²) < 4.78 is 45.6. The third-order valence-corrected chi connectivity index (χ3v) is 6.21. The number of amides is 1. The van der Waals surface area contributed by atoms with Crippen LogP contribution in [0.3, 0.4) is 0 Å². The summed E-state index contributed by atoms with van der Waals surface area (Å²) in [6.07, 6.45) is 1.46. The van der Waals surface area contributed by atoms with Crippen molar-refractivity contribution in [2.24, 2.45) is 4.40 Å². The Bertz CT molecular complexity index is 969. The van der Waals surface area contributed by atoms with Crippen molar-refractivity contribution >= 4 is 21.8 Å². The van der Waals surface area contributed by atoms with Gasteiger partial charge in [-0.1, -0.05) is 0 Å². The van der Waals surface area contributed by atoms with Crippen LogP contribution in [0.5, 0.6) is 11.5 Å². The highest BCUT2D eigenvalue weighted by atomic mass is 32.2. The van der Waals surface area contributed by atoms with Crippen molar-refractivity contribution in [3.63, 3.8) is 0 Å². The van der Waals surface area contributed by atoms with Crippen molar-refractivity contribution in [2.75, 3.05) is 53.2 Å². The lowest BCUT2D eigenvalue weighted by Crippen LogP contribution is -2.43. The topological polar surface area (TPSA) is 110 Å². The van der Waals surface area contributed by atoms with Gasteiger partial charge in [0, 0.05) is 38.8 Å². The van der Waals surface area contributed by atoms with E-state index in [9.17, 15) is 13.2 Å². The van der Waals surface area contributed by atoms with Crippen molar-refractivity contribution < 1.29 is 27.4 Å². The summed E-state index contributed by atoms with van der Waals surface area (Å²) in [7, 11) is -2.71. The monoisotopic (exact) mass is 422 g/mol. The van der Waals surface area contributed by atoms with Gasteiger partial charge in [0.2, 0.25) is 6.79 Å². The van der Waals surface area contributed by atoms with Gasteiger partial charge < -0.3 is 19.5 Å². The second-order valence-electron chi connectivity index (χ2n) is 6.73. The summed E-state index contributed by atoms with van der Waals surface area (Å²) in [6, 6.07) is 5.01. The molecule has 156 valence electrons. The van der Waals surface area contributed by atoms with Crippen LogP contribution in [0.25, 0.3) is 0 Å². The lowest BCUT2D eigenvalue weighted by molar-refractivity contribution is -0.118. The van der Waals surface area contributed by atoms with Crippen LogP contribution in [0, 0.1) is 0 Å². The minimum absolute atomic E-state index is 0.00893. The van der Waals surface area contributed by atoms with Crippen molar-refractivity contribution in [3.8, 4) is 11.5 Å². The molecule has 10 nitrogen and oxygen atoms in total. The summed E-state index contributed by atoms with van der Waals surface area (Å²) >= 11 is 0. The Morgan fingerprint density at radius 1 is 1.21 bits per heavy atom.